The van der Waals surface area contributed by atoms with Crippen LogP contribution in [0.25, 0.3) is 0 Å². The van der Waals surface area contributed by atoms with Gasteiger partial charge >= 0.3 is 0 Å². The van der Waals surface area contributed by atoms with Gasteiger partial charge in [-0.15, -0.1) is 0 Å². The van der Waals surface area contributed by atoms with E-state index in [1.54, 1.807) is 0 Å². The van der Waals surface area contributed by atoms with E-state index >= 15 is 0 Å². The first-order valence-electron chi connectivity index (χ1n) is 7.77. The number of aromatic nitrogens is 2. The van der Waals surface area contributed by atoms with Gasteiger partial charge in [0.25, 0.3) is 0 Å². The van der Waals surface area contributed by atoms with Crippen molar-refractivity contribution in [2.24, 2.45) is 0 Å². The number of aryl methyl sites for hydroxylation is 2. The van der Waals surface area contributed by atoms with Gasteiger partial charge in [0.05, 0.1) is 15.9 Å². The minimum Gasteiger partial charge on any atom is -0.308 e. The Bertz CT molecular complexity index is 606. The van der Waals surface area contributed by atoms with E-state index in [0.717, 1.165) is 25.2 Å². The first kappa shape index (κ1) is 14.8. The van der Waals surface area contributed by atoms with E-state index < -0.39 is 0 Å². The van der Waals surface area contributed by atoms with Gasteiger partial charge in [0.15, 0.2) is 0 Å². The number of halogens is 1. The van der Waals surface area contributed by atoms with Crippen molar-refractivity contribution in [3.05, 3.63) is 51.8 Å². The van der Waals surface area contributed by atoms with Crippen molar-refractivity contribution in [3.63, 3.8) is 0 Å². The molecule has 1 aromatic heterocycles. The predicted octanol–water partition coefficient (Wildman–Crippen LogP) is 3.87. The Morgan fingerprint density at radius 1 is 1.29 bits per heavy atom. The van der Waals surface area contributed by atoms with Gasteiger partial charge in [-0.1, -0.05) is 37.3 Å². The summed E-state index contributed by atoms with van der Waals surface area (Å²) in [5, 5.41) is 8.34. The van der Waals surface area contributed by atoms with E-state index in [0.29, 0.717) is 12.0 Å². The molecule has 3 nitrogen and oxygen atoms in total. The summed E-state index contributed by atoms with van der Waals surface area (Å²) < 4.78 is 3.28. The Morgan fingerprint density at radius 3 is 2.71 bits per heavy atom. The van der Waals surface area contributed by atoms with Crippen LogP contribution in [0.1, 0.15) is 43.1 Å². The Balaban J connectivity index is 1.63. The van der Waals surface area contributed by atoms with E-state index in [1.165, 1.54) is 22.2 Å². The molecule has 1 aromatic carbocycles. The van der Waals surface area contributed by atoms with Crippen LogP contribution in [0.3, 0.4) is 0 Å². The standard InChI is InChI=1S/C17H22BrN3/c1-3-14-17(18)16(21(4-2)20-14)11-19-15-10-13(15)12-8-6-5-7-9-12/h5-9,13,15,19H,3-4,10-11H2,1-2H3. The summed E-state index contributed by atoms with van der Waals surface area (Å²) in [6, 6.07) is 11.4. The predicted molar refractivity (Wildman–Crippen MR) is 89.4 cm³/mol. The zero-order valence-electron chi connectivity index (χ0n) is 12.6. The molecule has 1 aliphatic rings. The lowest BCUT2D eigenvalue weighted by Crippen LogP contribution is -2.20. The molecule has 112 valence electrons. The average Bonchev–Trinajstić information content (AvgIpc) is 3.24. The van der Waals surface area contributed by atoms with E-state index in [1.807, 2.05) is 0 Å². The summed E-state index contributed by atoms with van der Waals surface area (Å²) in [5.74, 6) is 0.675. The fraction of sp³-hybridized carbons (Fsp3) is 0.471. The van der Waals surface area contributed by atoms with Crippen LogP contribution in [0.5, 0.6) is 0 Å². The number of hydrogen-bond donors (Lipinski definition) is 1. The Morgan fingerprint density at radius 2 is 2.05 bits per heavy atom. The zero-order valence-corrected chi connectivity index (χ0v) is 14.2. The van der Waals surface area contributed by atoms with Gasteiger partial charge in [-0.25, -0.2) is 0 Å². The van der Waals surface area contributed by atoms with Crippen LogP contribution >= 0.6 is 15.9 Å². The molecule has 0 saturated heterocycles. The van der Waals surface area contributed by atoms with Gasteiger partial charge in [-0.05, 0) is 41.3 Å². The maximum Gasteiger partial charge on any atom is 0.0767 e. The van der Waals surface area contributed by atoms with E-state index in [4.69, 9.17) is 0 Å². The van der Waals surface area contributed by atoms with Crippen molar-refractivity contribution in [1.29, 1.82) is 0 Å². The molecule has 1 aliphatic carbocycles. The number of benzene rings is 1. The van der Waals surface area contributed by atoms with Crippen LogP contribution in [0.4, 0.5) is 0 Å². The van der Waals surface area contributed by atoms with Crippen LogP contribution in [-0.2, 0) is 19.5 Å². The second-order valence-electron chi connectivity index (χ2n) is 5.62. The number of nitrogens with one attached hydrogen (secondary N) is 1. The summed E-state index contributed by atoms with van der Waals surface area (Å²) >= 11 is 3.71. The molecule has 0 spiro atoms. The topological polar surface area (TPSA) is 29.9 Å². The van der Waals surface area contributed by atoms with Gasteiger partial charge < -0.3 is 5.32 Å². The smallest absolute Gasteiger partial charge is 0.0767 e. The maximum atomic E-state index is 4.65. The third-order valence-corrected chi connectivity index (χ3v) is 5.16. The van der Waals surface area contributed by atoms with Gasteiger partial charge in [-0.2, -0.15) is 5.10 Å². The molecule has 0 aliphatic heterocycles. The molecule has 2 atom stereocenters. The van der Waals surface area contributed by atoms with Crippen LogP contribution in [0.15, 0.2) is 34.8 Å². The summed E-state index contributed by atoms with van der Waals surface area (Å²) in [5.41, 5.74) is 3.88. The lowest BCUT2D eigenvalue weighted by molar-refractivity contribution is 0.571. The lowest BCUT2D eigenvalue weighted by Gasteiger charge is -2.07. The highest BCUT2D eigenvalue weighted by atomic mass is 79.9. The Hall–Kier alpha value is -1.13. The average molecular weight is 348 g/mol. The minimum atomic E-state index is 0.601. The van der Waals surface area contributed by atoms with Crippen molar-refractivity contribution in [2.75, 3.05) is 0 Å². The van der Waals surface area contributed by atoms with Gasteiger partial charge in [-0.3, -0.25) is 4.68 Å². The Kier molecular flexibility index (Phi) is 4.45. The number of nitrogens with zero attached hydrogens (tertiary/aromatic N) is 2. The first-order valence-corrected chi connectivity index (χ1v) is 8.56. The van der Waals surface area contributed by atoms with Crippen molar-refractivity contribution in [1.82, 2.24) is 15.1 Å². The van der Waals surface area contributed by atoms with Crippen molar-refractivity contribution < 1.29 is 0 Å². The van der Waals surface area contributed by atoms with Crippen LogP contribution in [0, 0.1) is 0 Å². The Labute approximate surface area is 134 Å². The fourth-order valence-corrected chi connectivity index (χ4v) is 3.61. The molecule has 0 radical (unpaired) electrons. The third kappa shape index (κ3) is 3.06. The van der Waals surface area contributed by atoms with Gasteiger partial charge in [0.2, 0.25) is 0 Å². The summed E-state index contributed by atoms with van der Waals surface area (Å²) in [6.45, 7) is 6.10. The molecule has 1 N–H and O–H groups in total. The molecular weight excluding hydrogens is 326 g/mol. The van der Waals surface area contributed by atoms with Crippen molar-refractivity contribution in [3.8, 4) is 0 Å². The third-order valence-electron chi connectivity index (χ3n) is 4.24. The fourth-order valence-electron chi connectivity index (χ4n) is 2.90. The van der Waals surface area contributed by atoms with E-state index in [-0.39, 0.29) is 0 Å². The molecule has 1 heterocycles. The highest BCUT2D eigenvalue weighted by Crippen LogP contribution is 2.40. The molecule has 2 unspecified atom stereocenters. The zero-order chi connectivity index (χ0) is 14.8. The van der Waals surface area contributed by atoms with Crippen molar-refractivity contribution >= 4 is 15.9 Å². The first-order chi connectivity index (χ1) is 10.2. The normalized spacial score (nSPS) is 20.7. The summed E-state index contributed by atoms with van der Waals surface area (Å²) in [7, 11) is 0. The quantitative estimate of drug-likeness (QED) is 0.859. The molecule has 1 saturated carbocycles. The molecule has 2 aromatic rings. The van der Waals surface area contributed by atoms with Gasteiger partial charge in [0.1, 0.15) is 0 Å². The second kappa shape index (κ2) is 6.32. The summed E-state index contributed by atoms with van der Waals surface area (Å²) in [6.07, 6.45) is 2.21. The molecule has 0 bridgehead atoms. The number of hydrogen-bond acceptors (Lipinski definition) is 2. The lowest BCUT2D eigenvalue weighted by atomic mass is 10.1. The van der Waals surface area contributed by atoms with E-state index in [9.17, 15) is 0 Å². The number of rotatable bonds is 6. The monoisotopic (exact) mass is 347 g/mol. The summed E-state index contributed by atoms with van der Waals surface area (Å²) in [4.78, 5) is 0. The van der Waals surface area contributed by atoms with E-state index in [2.05, 4.69) is 75.2 Å². The van der Waals surface area contributed by atoms with Gasteiger partial charge in [0, 0.05) is 25.0 Å². The van der Waals surface area contributed by atoms with Crippen LogP contribution < -0.4 is 5.32 Å². The molecule has 1 fully saturated rings. The molecule has 0 amide bonds. The van der Waals surface area contributed by atoms with Crippen LogP contribution in [0.2, 0.25) is 0 Å². The van der Waals surface area contributed by atoms with Crippen LogP contribution in [-0.4, -0.2) is 15.8 Å². The highest BCUT2D eigenvalue weighted by Gasteiger charge is 2.37. The highest BCUT2D eigenvalue weighted by molar-refractivity contribution is 9.10. The minimum absolute atomic E-state index is 0.601. The van der Waals surface area contributed by atoms with Crippen molar-refractivity contribution in [2.45, 2.75) is 51.7 Å². The maximum absolute atomic E-state index is 4.65. The molecule has 3 rings (SSSR count). The molecular formula is C17H22BrN3. The molecule has 21 heavy (non-hydrogen) atoms. The SMILES string of the molecule is CCc1nn(CC)c(CNC2CC2c2ccccc2)c1Br. The largest absolute Gasteiger partial charge is 0.308 e. The second-order valence-corrected chi connectivity index (χ2v) is 6.41. The molecule has 4 heteroatoms.